The zero-order valence-electron chi connectivity index (χ0n) is 16.7. The van der Waals surface area contributed by atoms with Gasteiger partial charge < -0.3 is 4.90 Å². The minimum Gasteiger partial charge on any atom is -0.303 e. The van der Waals surface area contributed by atoms with Gasteiger partial charge in [-0.3, -0.25) is 14.5 Å². The molecule has 2 saturated heterocycles. The van der Waals surface area contributed by atoms with Crippen molar-refractivity contribution in [3.63, 3.8) is 0 Å². The second kappa shape index (κ2) is 7.79. The summed E-state index contributed by atoms with van der Waals surface area (Å²) in [5.41, 5.74) is 2.30. The van der Waals surface area contributed by atoms with Crippen LogP contribution < -0.4 is 4.90 Å². The van der Waals surface area contributed by atoms with Crippen LogP contribution in [-0.4, -0.2) is 47.0 Å². The number of sulfone groups is 1. The maximum Gasteiger partial charge on any atom is 0.267 e. The average molecular weight is 489 g/mol. The molecule has 5 rings (SSSR count). The van der Waals surface area contributed by atoms with E-state index in [9.17, 15) is 22.4 Å². The topological polar surface area (TPSA) is 74.8 Å². The lowest BCUT2D eigenvalue weighted by Crippen LogP contribution is -2.39. The second-order valence-corrected chi connectivity index (χ2v) is 11.7. The molecule has 1 unspecified atom stereocenters. The van der Waals surface area contributed by atoms with E-state index in [4.69, 9.17) is 12.2 Å². The molecule has 0 bridgehead atoms. The summed E-state index contributed by atoms with van der Waals surface area (Å²) < 4.78 is 37.4. The summed E-state index contributed by atoms with van der Waals surface area (Å²) in [5.74, 6) is -1.23. The summed E-state index contributed by atoms with van der Waals surface area (Å²) in [5, 5.41) is 0. The lowest BCUT2D eigenvalue weighted by atomic mass is 10.1. The van der Waals surface area contributed by atoms with Gasteiger partial charge in [-0.25, -0.2) is 12.8 Å². The molecule has 1 atom stereocenters. The van der Waals surface area contributed by atoms with Gasteiger partial charge in [0.1, 0.15) is 10.1 Å². The summed E-state index contributed by atoms with van der Waals surface area (Å²) in [6.07, 6.45) is 0.332. The van der Waals surface area contributed by atoms with Crippen LogP contribution >= 0.6 is 24.0 Å². The number of halogens is 1. The van der Waals surface area contributed by atoms with Crippen molar-refractivity contribution in [2.24, 2.45) is 0 Å². The molecule has 2 amide bonds. The number of carbonyl (C=O) groups is 2. The monoisotopic (exact) mass is 488 g/mol. The Bertz CT molecular complexity index is 1300. The third kappa shape index (κ3) is 3.56. The van der Waals surface area contributed by atoms with Gasteiger partial charge in [-0.05, 0) is 30.2 Å². The van der Waals surface area contributed by atoms with Crippen LogP contribution in [0.25, 0.3) is 5.57 Å². The smallest absolute Gasteiger partial charge is 0.267 e. The number of hydrogen-bond acceptors (Lipinski definition) is 6. The Hall–Kier alpha value is -2.56. The predicted octanol–water partition coefficient (Wildman–Crippen LogP) is 3.13. The van der Waals surface area contributed by atoms with E-state index in [1.165, 1.54) is 17.0 Å². The van der Waals surface area contributed by atoms with Crippen molar-refractivity contribution in [3.05, 3.63) is 70.4 Å². The Labute approximate surface area is 194 Å². The maximum atomic E-state index is 13.5. The molecule has 0 radical (unpaired) electrons. The van der Waals surface area contributed by atoms with Gasteiger partial charge in [0.25, 0.3) is 11.8 Å². The SMILES string of the molecule is O=C1C(=C2SC(=S)N(C3CCS(=O)(=O)C3)C2=O)c2ccccc2N1Cc1ccc(F)cc1. The molecule has 3 aliphatic heterocycles. The number of fused-ring (bicyclic) bond motifs is 1. The van der Waals surface area contributed by atoms with Gasteiger partial charge in [0.15, 0.2) is 9.84 Å². The van der Waals surface area contributed by atoms with E-state index in [1.807, 2.05) is 0 Å². The summed E-state index contributed by atoms with van der Waals surface area (Å²) >= 11 is 6.44. The van der Waals surface area contributed by atoms with Crippen LogP contribution in [0.1, 0.15) is 17.5 Å². The van der Waals surface area contributed by atoms with E-state index in [2.05, 4.69) is 0 Å². The molecule has 6 nitrogen and oxygen atoms in total. The molecule has 3 heterocycles. The number of amides is 2. The van der Waals surface area contributed by atoms with E-state index in [1.54, 1.807) is 41.3 Å². The minimum atomic E-state index is -3.20. The summed E-state index contributed by atoms with van der Waals surface area (Å²) in [4.78, 5) is 29.9. The largest absolute Gasteiger partial charge is 0.303 e. The molecule has 0 saturated carbocycles. The van der Waals surface area contributed by atoms with E-state index < -0.39 is 21.8 Å². The first-order chi connectivity index (χ1) is 15.2. The third-order valence-electron chi connectivity index (χ3n) is 5.78. The molecule has 0 spiro atoms. The fraction of sp³-hybridized carbons (Fsp3) is 0.227. The molecule has 164 valence electrons. The van der Waals surface area contributed by atoms with Crippen molar-refractivity contribution in [3.8, 4) is 0 Å². The number of rotatable bonds is 3. The van der Waals surface area contributed by atoms with E-state index >= 15 is 0 Å². The molecule has 0 N–H and O–H groups in total. The first kappa shape index (κ1) is 21.3. The highest BCUT2D eigenvalue weighted by Crippen LogP contribution is 2.46. The Morgan fingerprint density at radius 1 is 1.06 bits per heavy atom. The van der Waals surface area contributed by atoms with Gasteiger partial charge in [0.2, 0.25) is 0 Å². The number of para-hydroxylation sites is 1. The number of nitrogens with zero attached hydrogens (tertiary/aromatic N) is 2. The number of benzene rings is 2. The van der Waals surface area contributed by atoms with Crippen LogP contribution in [-0.2, 0) is 26.0 Å². The second-order valence-electron chi connectivity index (χ2n) is 7.84. The number of anilines is 1. The standard InChI is InChI=1S/C22H17FN2O4S3/c23-14-7-5-13(6-8-14)11-24-17-4-2-1-3-16(17)18(20(24)26)19-21(27)25(22(30)31-19)15-9-10-32(28,29)12-15/h1-8,15H,9-12H2. The van der Waals surface area contributed by atoms with Crippen molar-refractivity contribution < 1.29 is 22.4 Å². The Kier molecular flexibility index (Phi) is 5.18. The van der Waals surface area contributed by atoms with Crippen LogP contribution in [0.3, 0.4) is 0 Å². The van der Waals surface area contributed by atoms with Crippen molar-refractivity contribution >= 4 is 61.2 Å². The third-order valence-corrected chi connectivity index (χ3v) is 8.93. The normalized spacial score (nSPS) is 24.5. The van der Waals surface area contributed by atoms with Gasteiger partial charge in [-0.1, -0.05) is 54.3 Å². The molecular weight excluding hydrogens is 471 g/mol. The van der Waals surface area contributed by atoms with Crippen LogP contribution in [0.2, 0.25) is 0 Å². The van der Waals surface area contributed by atoms with Crippen molar-refractivity contribution in [1.29, 1.82) is 0 Å². The zero-order chi connectivity index (χ0) is 22.6. The minimum absolute atomic E-state index is 0.0217. The lowest BCUT2D eigenvalue weighted by molar-refractivity contribution is -0.123. The van der Waals surface area contributed by atoms with Crippen LogP contribution in [0.4, 0.5) is 10.1 Å². The van der Waals surface area contributed by atoms with Gasteiger partial charge >= 0.3 is 0 Å². The van der Waals surface area contributed by atoms with Crippen LogP contribution in [0.15, 0.2) is 53.4 Å². The van der Waals surface area contributed by atoms with Gasteiger partial charge in [0, 0.05) is 5.56 Å². The van der Waals surface area contributed by atoms with Gasteiger partial charge in [0.05, 0.1) is 40.3 Å². The fourth-order valence-corrected chi connectivity index (χ4v) is 7.42. The van der Waals surface area contributed by atoms with Crippen LogP contribution in [0.5, 0.6) is 0 Å². The summed E-state index contributed by atoms with van der Waals surface area (Å²) in [6.45, 7) is 0.223. The first-order valence-corrected chi connectivity index (χ1v) is 13.0. The van der Waals surface area contributed by atoms with E-state index in [0.717, 1.165) is 17.3 Å². The van der Waals surface area contributed by atoms with Crippen molar-refractivity contribution in [2.75, 3.05) is 16.4 Å². The van der Waals surface area contributed by atoms with Gasteiger partial charge in [-0.2, -0.15) is 0 Å². The Morgan fingerprint density at radius 3 is 2.47 bits per heavy atom. The number of thioether (sulfide) groups is 1. The van der Waals surface area contributed by atoms with E-state index in [-0.39, 0.29) is 44.6 Å². The predicted molar refractivity (Wildman–Crippen MR) is 125 cm³/mol. The van der Waals surface area contributed by atoms with Crippen LogP contribution in [0, 0.1) is 5.82 Å². The summed E-state index contributed by atoms with van der Waals surface area (Å²) in [7, 11) is -3.20. The average Bonchev–Trinajstić information content (AvgIpc) is 3.35. The number of hydrogen-bond donors (Lipinski definition) is 0. The quantitative estimate of drug-likeness (QED) is 0.488. The zero-order valence-corrected chi connectivity index (χ0v) is 19.1. The van der Waals surface area contributed by atoms with Crippen molar-refractivity contribution in [2.45, 2.75) is 19.0 Å². The highest BCUT2D eigenvalue weighted by Gasteiger charge is 2.46. The molecule has 0 aliphatic carbocycles. The molecule has 0 aromatic heterocycles. The molecule has 2 fully saturated rings. The fourth-order valence-electron chi connectivity index (χ4n) is 4.25. The van der Waals surface area contributed by atoms with Gasteiger partial charge in [-0.15, -0.1) is 0 Å². The highest BCUT2D eigenvalue weighted by molar-refractivity contribution is 8.26. The molecule has 32 heavy (non-hydrogen) atoms. The van der Waals surface area contributed by atoms with E-state index in [0.29, 0.717) is 17.7 Å². The van der Waals surface area contributed by atoms with Crippen molar-refractivity contribution in [1.82, 2.24) is 4.90 Å². The highest BCUT2D eigenvalue weighted by atomic mass is 32.2. The maximum absolute atomic E-state index is 13.5. The molecule has 3 aliphatic rings. The molecule has 2 aromatic rings. The number of thiocarbonyl (C=S) groups is 1. The summed E-state index contributed by atoms with van der Waals surface area (Å²) in [6, 6.07) is 12.6. The Balaban J connectivity index is 1.53. The Morgan fingerprint density at radius 2 is 1.78 bits per heavy atom. The molecular formula is C22H17FN2O4S3. The number of carbonyl (C=O) groups excluding carboxylic acids is 2. The first-order valence-electron chi connectivity index (χ1n) is 9.91. The molecule has 2 aromatic carbocycles. The molecule has 10 heteroatoms. The lowest BCUT2D eigenvalue weighted by Gasteiger charge is -2.21.